The fourth-order valence-corrected chi connectivity index (χ4v) is 5.75. The first kappa shape index (κ1) is 29.9. The number of carbonyl (C=O) groups excluding carboxylic acids is 1. The summed E-state index contributed by atoms with van der Waals surface area (Å²) in [6, 6.07) is 37.4. The number of benzodiazepines with no additional fused rings is 1. The number of nitrogens with zero attached hydrogens (tertiary/aromatic N) is 2. The number of carbonyl (C=O) groups is 1. The first-order chi connectivity index (χ1) is 20.3. The number of phenolic OH excluding ortho intramolecular Hbond substituents is 2. The predicted molar refractivity (Wildman–Crippen MR) is 176 cm³/mol. The summed E-state index contributed by atoms with van der Waals surface area (Å²) in [5.41, 5.74) is 5.41. The average molecular weight is 610 g/mol. The zero-order valence-electron chi connectivity index (χ0n) is 23.4. The number of rotatable bonds is 6. The molecule has 0 aromatic heterocycles. The third-order valence-corrected chi connectivity index (χ3v) is 7.83. The molecular weight excluding hydrogens is 579 g/mol. The van der Waals surface area contributed by atoms with Gasteiger partial charge in [-0.05, 0) is 83.8 Å². The SMILES string of the molecule is CC1(Cc2ccccc2-c2ccccc2)N=C(c2ccc(O)cc2)c2cc(Cl)ccc2N(Cc2cccc(O)c2)C1=O.Cl. The van der Waals surface area contributed by atoms with E-state index in [-0.39, 0.29) is 36.4 Å². The third kappa shape index (κ3) is 6.14. The molecule has 0 spiro atoms. The van der Waals surface area contributed by atoms with Gasteiger partial charge in [-0.25, -0.2) is 0 Å². The highest BCUT2D eigenvalue weighted by Crippen LogP contribution is 2.38. The van der Waals surface area contributed by atoms with Crippen molar-refractivity contribution in [3.8, 4) is 22.6 Å². The fraction of sp³-hybridized carbons (Fsp3) is 0.111. The smallest absolute Gasteiger partial charge is 0.255 e. The number of anilines is 1. The molecule has 216 valence electrons. The van der Waals surface area contributed by atoms with Crippen LogP contribution >= 0.6 is 24.0 Å². The Balaban J connectivity index is 0.00000368. The van der Waals surface area contributed by atoms with Crippen LogP contribution in [0.15, 0.2) is 126 Å². The van der Waals surface area contributed by atoms with Crippen molar-refractivity contribution in [2.24, 2.45) is 4.99 Å². The lowest BCUT2D eigenvalue weighted by atomic mass is 9.87. The Morgan fingerprint density at radius 1 is 0.744 bits per heavy atom. The molecule has 0 radical (unpaired) electrons. The highest BCUT2D eigenvalue weighted by Gasteiger charge is 2.42. The van der Waals surface area contributed by atoms with Gasteiger partial charge in [-0.3, -0.25) is 9.79 Å². The monoisotopic (exact) mass is 608 g/mol. The van der Waals surface area contributed by atoms with Gasteiger partial charge >= 0.3 is 0 Å². The molecule has 43 heavy (non-hydrogen) atoms. The van der Waals surface area contributed by atoms with Crippen LogP contribution in [-0.4, -0.2) is 27.4 Å². The lowest BCUT2D eigenvalue weighted by molar-refractivity contribution is -0.123. The van der Waals surface area contributed by atoms with Crippen LogP contribution in [0.4, 0.5) is 5.69 Å². The summed E-state index contributed by atoms with van der Waals surface area (Å²) in [6.45, 7) is 2.11. The van der Waals surface area contributed by atoms with Gasteiger partial charge in [0.15, 0.2) is 0 Å². The van der Waals surface area contributed by atoms with Crippen LogP contribution in [0.25, 0.3) is 11.1 Å². The van der Waals surface area contributed by atoms with E-state index in [0.717, 1.165) is 27.8 Å². The Morgan fingerprint density at radius 2 is 1.47 bits per heavy atom. The van der Waals surface area contributed by atoms with Crippen LogP contribution in [0.1, 0.15) is 29.2 Å². The molecule has 0 aliphatic carbocycles. The van der Waals surface area contributed by atoms with Gasteiger partial charge in [-0.15, -0.1) is 12.4 Å². The number of fused-ring (bicyclic) bond motifs is 1. The Bertz CT molecular complexity index is 1810. The van der Waals surface area contributed by atoms with Crippen molar-refractivity contribution in [2.45, 2.75) is 25.4 Å². The molecule has 0 saturated heterocycles. The lowest BCUT2D eigenvalue weighted by Crippen LogP contribution is -2.47. The van der Waals surface area contributed by atoms with Gasteiger partial charge in [-0.1, -0.05) is 78.3 Å². The number of halogens is 2. The molecule has 2 N–H and O–H groups in total. The first-order valence-electron chi connectivity index (χ1n) is 13.7. The predicted octanol–water partition coefficient (Wildman–Crippen LogP) is 8.23. The quantitative estimate of drug-likeness (QED) is 0.204. The minimum absolute atomic E-state index is 0. The largest absolute Gasteiger partial charge is 0.508 e. The number of hydrogen-bond donors (Lipinski definition) is 2. The lowest BCUT2D eigenvalue weighted by Gasteiger charge is -2.31. The number of phenols is 2. The number of aliphatic imine (C=N–C) groups is 1. The maximum Gasteiger partial charge on any atom is 0.255 e. The van der Waals surface area contributed by atoms with Crippen LogP contribution in [0.3, 0.4) is 0 Å². The third-order valence-electron chi connectivity index (χ3n) is 7.60. The van der Waals surface area contributed by atoms with E-state index in [2.05, 4.69) is 18.2 Å². The van der Waals surface area contributed by atoms with Gasteiger partial charge in [0.2, 0.25) is 0 Å². The highest BCUT2D eigenvalue weighted by molar-refractivity contribution is 6.32. The fourth-order valence-electron chi connectivity index (χ4n) is 5.58. The zero-order chi connectivity index (χ0) is 29.3. The Morgan fingerprint density at radius 3 is 2.21 bits per heavy atom. The Labute approximate surface area is 262 Å². The molecule has 6 rings (SSSR count). The van der Waals surface area contributed by atoms with E-state index in [0.29, 0.717) is 28.4 Å². The van der Waals surface area contributed by atoms with Crippen molar-refractivity contribution in [2.75, 3.05) is 4.90 Å². The number of hydrogen-bond acceptors (Lipinski definition) is 4. The van der Waals surface area contributed by atoms with Crippen molar-refractivity contribution in [3.63, 3.8) is 0 Å². The molecule has 5 aromatic rings. The second-order valence-corrected chi connectivity index (χ2v) is 11.1. The molecule has 7 heteroatoms. The topological polar surface area (TPSA) is 73.1 Å². The van der Waals surface area contributed by atoms with Crippen LogP contribution < -0.4 is 4.90 Å². The second kappa shape index (κ2) is 12.3. The molecule has 1 unspecified atom stereocenters. The summed E-state index contributed by atoms with van der Waals surface area (Å²) in [5.74, 6) is 0.0955. The van der Waals surface area contributed by atoms with Crippen molar-refractivity contribution in [1.29, 1.82) is 0 Å². The molecule has 0 fully saturated rings. The molecule has 0 saturated carbocycles. The van der Waals surface area contributed by atoms with Crippen molar-refractivity contribution in [3.05, 3.63) is 149 Å². The molecule has 1 heterocycles. The number of benzene rings is 5. The maximum atomic E-state index is 14.8. The van der Waals surface area contributed by atoms with Crippen molar-refractivity contribution in [1.82, 2.24) is 0 Å². The Kier molecular flexibility index (Phi) is 8.58. The zero-order valence-corrected chi connectivity index (χ0v) is 25.0. The molecule has 1 aliphatic rings. The van der Waals surface area contributed by atoms with E-state index in [1.807, 2.05) is 61.5 Å². The second-order valence-electron chi connectivity index (χ2n) is 10.7. The highest BCUT2D eigenvalue weighted by atomic mass is 35.5. The molecular formula is C36H30Cl2N2O3. The van der Waals surface area contributed by atoms with Crippen molar-refractivity contribution < 1.29 is 15.0 Å². The molecule has 1 aliphatic heterocycles. The maximum absolute atomic E-state index is 14.8. The molecule has 0 bridgehead atoms. The van der Waals surface area contributed by atoms with Gasteiger partial charge in [0, 0.05) is 22.6 Å². The molecule has 1 amide bonds. The summed E-state index contributed by atoms with van der Waals surface area (Å²) in [5, 5.41) is 20.7. The number of aromatic hydroxyl groups is 2. The van der Waals surface area contributed by atoms with E-state index in [1.54, 1.807) is 53.4 Å². The standard InChI is InChI=1S/C36H29ClN2O3.ClH/c1-36(22-27-11-5-6-13-31(27)25-9-3-2-4-10-25)35(42)39(23-24-8-7-12-30(41)20-24)33-19-16-28(37)21-32(33)34(38-36)26-14-17-29(40)18-15-26;/h2-21,40-41H,22-23H2,1H3;1H. The molecule has 5 nitrogen and oxygen atoms in total. The molecule has 1 atom stereocenters. The summed E-state index contributed by atoms with van der Waals surface area (Å²) < 4.78 is 0. The van der Waals surface area contributed by atoms with Crippen LogP contribution in [-0.2, 0) is 17.8 Å². The van der Waals surface area contributed by atoms with Crippen molar-refractivity contribution >= 4 is 41.3 Å². The summed E-state index contributed by atoms with van der Waals surface area (Å²) in [6.07, 6.45) is 0.344. The first-order valence-corrected chi connectivity index (χ1v) is 14.1. The summed E-state index contributed by atoms with van der Waals surface area (Å²) in [7, 11) is 0. The van der Waals surface area contributed by atoms with E-state index >= 15 is 0 Å². The van der Waals surface area contributed by atoms with Crippen LogP contribution in [0.5, 0.6) is 11.5 Å². The number of amides is 1. The van der Waals surface area contributed by atoms with E-state index < -0.39 is 5.54 Å². The van der Waals surface area contributed by atoms with Crippen LogP contribution in [0, 0.1) is 0 Å². The van der Waals surface area contributed by atoms with E-state index in [1.165, 1.54) is 0 Å². The minimum atomic E-state index is -1.21. The van der Waals surface area contributed by atoms with Gasteiger partial charge in [-0.2, -0.15) is 0 Å². The summed E-state index contributed by atoms with van der Waals surface area (Å²) in [4.78, 5) is 21.8. The Hall–Kier alpha value is -4.58. The summed E-state index contributed by atoms with van der Waals surface area (Å²) >= 11 is 6.53. The van der Waals surface area contributed by atoms with Gasteiger partial charge in [0.05, 0.1) is 17.9 Å². The van der Waals surface area contributed by atoms with Gasteiger partial charge in [0.25, 0.3) is 5.91 Å². The van der Waals surface area contributed by atoms with E-state index in [4.69, 9.17) is 16.6 Å². The minimum Gasteiger partial charge on any atom is -0.508 e. The van der Waals surface area contributed by atoms with Crippen LogP contribution in [0.2, 0.25) is 5.02 Å². The normalized spacial score (nSPS) is 16.1. The molecule has 5 aromatic carbocycles. The average Bonchev–Trinajstić information content (AvgIpc) is 3.07. The van der Waals surface area contributed by atoms with Gasteiger partial charge in [0.1, 0.15) is 17.0 Å². The van der Waals surface area contributed by atoms with E-state index in [9.17, 15) is 15.0 Å². The van der Waals surface area contributed by atoms with Gasteiger partial charge < -0.3 is 15.1 Å².